The zero-order valence-corrected chi connectivity index (χ0v) is 16.8. The van der Waals surface area contributed by atoms with Crippen molar-refractivity contribution < 1.29 is 14.3 Å². The zero-order valence-electron chi connectivity index (χ0n) is 16.8. The van der Waals surface area contributed by atoms with Crippen LogP contribution in [0.5, 0.6) is 11.5 Å². The number of fused-ring (bicyclic) bond motifs is 1. The molecule has 0 aliphatic carbocycles. The largest absolute Gasteiger partial charge is 0.493 e. The summed E-state index contributed by atoms with van der Waals surface area (Å²) in [5.41, 5.74) is 2.07. The maximum atomic E-state index is 13.4. The number of rotatable bonds is 5. The predicted octanol–water partition coefficient (Wildman–Crippen LogP) is 3.62. The van der Waals surface area contributed by atoms with Gasteiger partial charge in [-0.05, 0) is 37.6 Å². The molecule has 0 N–H and O–H groups in total. The Labute approximate surface area is 163 Å². The Hall–Kier alpha value is -3.28. The van der Waals surface area contributed by atoms with Gasteiger partial charge in [0, 0.05) is 30.9 Å². The van der Waals surface area contributed by atoms with E-state index in [0.29, 0.717) is 34.4 Å². The monoisotopic (exact) mass is 380 g/mol. The maximum absolute atomic E-state index is 13.4. The lowest BCUT2D eigenvalue weighted by molar-refractivity contribution is 0.0993. The quantitative estimate of drug-likeness (QED) is 0.678. The van der Waals surface area contributed by atoms with Gasteiger partial charge >= 0.3 is 0 Å². The van der Waals surface area contributed by atoms with E-state index in [1.807, 2.05) is 38.1 Å². The molecular formula is C22H24N2O4. The summed E-state index contributed by atoms with van der Waals surface area (Å²) < 4.78 is 12.3. The molecule has 1 amide bonds. The average molecular weight is 380 g/mol. The van der Waals surface area contributed by atoms with E-state index in [4.69, 9.17) is 9.47 Å². The molecule has 28 heavy (non-hydrogen) atoms. The first-order chi connectivity index (χ1) is 13.4. The molecule has 6 nitrogen and oxygen atoms in total. The number of para-hydroxylation sites is 1. The number of benzene rings is 2. The number of hydrogen-bond acceptors (Lipinski definition) is 4. The van der Waals surface area contributed by atoms with E-state index in [1.54, 1.807) is 30.3 Å². The number of aromatic nitrogens is 1. The second kappa shape index (κ2) is 7.76. The van der Waals surface area contributed by atoms with Crippen LogP contribution >= 0.6 is 0 Å². The van der Waals surface area contributed by atoms with E-state index in [1.165, 1.54) is 18.8 Å². The molecule has 146 valence electrons. The summed E-state index contributed by atoms with van der Waals surface area (Å²) in [5, 5.41) is 0.960. The van der Waals surface area contributed by atoms with Gasteiger partial charge < -0.3 is 18.9 Å². The van der Waals surface area contributed by atoms with Crippen molar-refractivity contribution in [3.63, 3.8) is 0 Å². The topological polar surface area (TPSA) is 60.8 Å². The van der Waals surface area contributed by atoms with Crippen molar-refractivity contribution in [1.29, 1.82) is 0 Å². The van der Waals surface area contributed by atoms with Crippen molar-refractivity contribution >= 4 is 22.4 Å². The van der Waals surface area contributed by atoms with Gasteiger partial charge in [0.25, 0.3) is 11.5 Å². The summed E-state index contributed by atoms with van der Waals surface area (Å²) >= 11 is 0. The van der Waals surface area contributed by atoms with E-state index >= 15 is 0 Å². The second-order valence-electron chi connectivity index (χ2n) is 6.54. The Balaban J connectivity index is 2.27. The molecular weight excluding hydrogens is 356 g/mol. The van der Waals surface area contributed by atoms with Crippen molar-refractivity contribution in [2.45, 2.75) is 20.4 Å². The van der Waals surface area contributed by atoms with E-state index in [0.717, 1.165) is 11.3 Å². The molecule has 0 atom stereocenters. The van der Waals surface area contributed by atoms with Crippen LogP contribution in [-0.2, 0) is 6.54 Å². The molecule has 3 rings (SSSR count). The van der Waals surface area contributed by atoms with Gasteiger partial charge in [0.1, 0.15) is 0 Å². The molecule has 0 fully saturated rings. The highest BCUT2D eigenvalue weighted by Crippen LogP contribution is 2.33. The van der Waals surface area contributed by atoms with Crippen LogP contribution in [0.2, 0.25) is 0 Å². The molecule has 0 unspecified atom stereocenters. The molecule has 1 aromatic heterocycles. The number of amides is 1. The molecule has 1 heterocycles. The highest BCUT2D eigenvalue weighted by atomic mass is 16.5. The van der Waals surface area contributed by atoms with Crippen LogP contribution in [-0.4, -0.2) is 31.7 Å². The lowest BCUT2D eigenvalue weighted by Gasteiger charge is -2.21. The number of hydrogen-bond donors (Lipinski definition) is 0. The third-order valence-electron chi connectivity index (χ3n) is 4.94. The third-order valence-corrected chi connectivity index (χ3v) is 4.94. The van der Waals surface area contributed by atoms with Crippen LogP contribution in [0.25, 0.3) is 10.8 Å². The van der Waals surface area contributed by atoms with Gasteiger partial charge in [0.15, 0.2) is 11.5 Å². The Morgan fingerprint density at radius 2 is 1.68 bits per heavy atom. The molecule has 0 aliphatic rings. The van der Waals surface area contributed by atoms with E-state index < -0.39 is 0 Å². The fourth-order valence-electron chi connectivity index (χ4n) is 3.35. The molecule has 3 aromatic rings. The highest BCUT2D eigenvalue weighted by molar-refractivity contribution is 6.14. The van der Waals surface area contributed by atoms with Gasteiger partial charge in [0.05, 0.1) is 25.2 Å². The van der Waals surface area contributed by atoms with Gasteiger partial charge in [-0.1, -0.05) is 18.2 Å². The molecule has 0 saturated carbocycles. The van der Waals surface area contributed by atoms with Gasteiger partial charge in [-0.3, -0.25) is 9.59 Å². The van der Waals surface area contributed by atoms with E-state index in [9.17, 15) is 9.59 Å². The summed E-state index contributed by atoms with van der Waals surface area (Å²) in [6.45, 7) is 4.28. The first-order valence-electron chi connectivity index (χ1n) is 9.05. The normalized spacial score (nSPS) is 10.8. The van der Waals surface area contributed by atoms with Crippen LogP contribution in [0.3, 0.4) is 0 Å². The summed E-state index contributed by atoms with van der Waals surface area (Å²) in [6.07, 6.45) is 1.62. The number of pyridine rings is 1. The van der Waals surface area contributed by atoms with Gasteiger partial charge in [-0.25, -0.2) is 0 Å². The van der Waals surface area contributed by atoms with Gasteiger partial charge in [-0.2, -0.15) is 0 Å². The Morgan fingerprint density at radius 3 is 2.25 bits per heavy atom. The fraction of sp³-hybridized carbons (Fsp3) is 0.273. The lowest BCUT2D eigenvalue weighted by Crippen LogP contribution is -2.29. The summed E-state index contributed by atoms with van der Waals surface area (Å²) in [4.78, 5) is 27.8. The minimum atomic E-state index is -0.200. The van der Waals surface area contributed by atoms with E-state index in [2.05, 4.69) is 0 Å². The van der Waals surface area contributed by atoms with Crippen LogP contribution in [0, 0.1) is 6.92 Å². The zero-order chi connectivity index (χ0) is 20.4. The van der Waals surface area contributed by atoms with Gasteiger partial charge in [0.2, 0.25) is 0 Å². The number of aryl methyl sites for hydroxylation is 2. The summed E-state index contributed by atoms with van der Waals surface area (Å²) in [6, 6.07) is 11.0. The average Bonchev–Trinajstić information content (AvgIpc) is 2.72. The molecule has 0 radical (unpaired) electrons. The third kappa shape index (κ3) is 3.22. The van der Waals surface area contributed by atoms with E-state index in [-0.39, 0.29) is 11.5 Å². The van der Waals surface area contributed by atoms with Crippen LogP contribution in [0.4, 0.5) is 5.69 Å². The van der Waals surface area contributed by atoms with Crippen molar-refractivity contribution in [1.82, 2.24) is 4.57 Å². The number of nitrogens with zero attached hydrogens (tertiary/aromatic N) is 2. The number of methoxy groups -OCH3 is 2. The van der Waals surface area contributed by atoms with Crippen molar-refractivity contribution in [2.24, 2.45) is 0 Å². The second-order valence-corrected chi connectivity index (χ2v) is 6.54. The predicted molar refractivity (Wildman–Crippen MR) is 111 cm³/mol. The molecule has 0 spiro atoms. The van der Waals surface area contributed by atoms with Gasteiger partial charge in [-0.15, -0.1) is 0 Å². The number of carbonyl (C=O) groups excluding carboxylic acids is 1. The fourth-order valence-corrected chi connectivity index (χ4v) is 3.35. The first kappa shape index (κ1) is 19.5. The Morgan fingerprint density at radius 1 is 1.07 bits per heavy atom. The highest BCUT2D eigenvalue weighted by Gasteiger charge is 2.21. The number of carbonyl (C=O) groups is 1. The van der Waals surface area contributed by atoms with Crippen molar-refractivity contribution in [3.05, 3.63) is 64.1 Å². The number of anilines is 1. The minimum Gasteiger partial charge on any atom is -0.493 e. The molecule has 0 bridgehead atoms. The molecule has 0 aliphatic heterocycles. The Kier molecular flexibility index (Phi) is 5.40. The van der Waals surface area contributed by atoms with Crippen LogP contribution in [0.1, 0.15) is 22.8 Å². The maximum Gasteiger partial charge on any atom is 0.260 e. The number of ether oxygens (including phenoxy) is 2. The SMILES string of the molecule is CCn1cc(C(=O)N(C)c2ccccc2C)c2cc(OC)c(OC)cc2c1=O. The van der Waals surface area contributed by atoms with Crippen LogP contribution < -0.4 is 19.9 Å². The Bertz CT molecular complexity index is 1100. The first-order valence-corrected chi connectivity index (χ1v) is 9.05. The molecule has 6 heteroatoms. The molecule has 2 aromatic carbocycles. The standard InChI is InChI=1S/C22H24N2O4/c1-6-24-13-17(21(25)23(3)18-10-8-7-9-14(18)2)15-11-19(27-4)20(28-5)12-16(15)22(24)26/h7-13H,6H2,1-5H3. The van der Waals surface area contributed by atoms with Crippen LogP contribution in [0.15, 0.2) is 47.4 Å². The van der Waals surface area contributed by atoms with Crippen molar-refractivity contribution in [3.8, 4) is 11.5 Å². The smallest absolute Gasteiger partial charge is 0.260 e. The summed E-state index contributed by atoms with van der Waals surface area (Å²) in [7, 11) is 4.78. The summed E-state index contributed by atoms with van der Waals surface area (Å²) in [5.74, 6) is 0.719. The lowest BCUT2D eigenvalue weighted by atomic mass is 10.0. The molecule has 0 saturated heterocycles. The van der Waals surface area contributed by atoms with Crippen molar-refractivity contribution in [2.75, 3.05) is 26.2 Å². The minimum absolute atomic E-state index is 0.173.